The Balaban J connectivity index is 1.41. The molecule has 3 aromatic rings. The summed E-state index contributed by atoms with van der Waals surface area (Å²) >= 11 is 6.17. The minimum atomic E-state index is -0.529. The fourth-order valence-electron chi connectivity index (χ4n) is 3.41. The van der Waals surface area contributed by atoms with Crippen LogP contribution in [-0.4, -0.2) is 29.2 Å². The highest BCUT2D eigenvalue weighted by Gasteiger charge is 2.37. The Morgan fingerprint density at radius 3 is 2.27 bits per heavy atom. The summed E-state index contributed by atoms with van der Waals surface area (Å²) in [5.41, 5.74) is 2.75. The topological polar surface area (TPSA) is 75.7 Å². The number of carbonyl (C=O) groups excluding carboxylic acids is 3. The number of imide groups is 1. The molecule has 0 radical (unpaired) electrons. The van der Waals surface area contributed by atoms with E-state index in [1.165, 1.54) is 0 Å². The van der Waals surface area contributed by atoms with Crippen molar-refractivity contribution in [3.8, 4) is 5.75 Å². The van der Waals surface area contributed by atoms with E-state index in [-0.39, 0.29) is 17.3 Å². The van der Waals surface area contributed by atoms with Gasteiger partial charge in [0.25, 0.3) is 11.8 Å². The molecular formula is C26H21ClN2O4. The second-order valence-corrected chi connectivity index (χ2v) is 7.92. The maximum absolute atomic E-state index is 12.8. The molecule has 1 aliphatic rings. The summed E-state index contributed by atoms with van der Waals surface area (Å²) in [5.74, 6) is -1.01. The van der Waals surface area contributed by atoms with E-state index in [0.29, 0.717) is 23.4 Å². The fourth-order valence-corrected chi connectivity index (χ4v) is 3.64. The van der Waals surface area contributed by atoms with Gasteiger partial charge < -0.3 is 10.1 Å². The number of nitrogens with one attached hydrogen (secondary N) is 1. The van der Waals surface area contributed by atoms with Gasteiger partial charge >= 0.3 is 5.97 Å². The van der Waals surface area contributed by atoms with Gasteiger partial charge in [-0.05, 0) is 54.8 Å². The Morgan fingerprint density at radius 1 is 0.909 bits per heavy atom. The summed E-state index contributed by atoms with van der Waals surface area (Å²) in [5, 5.41) is 2.75. The largest absolute Gasteiger partial charge is 0.423 e. The third-order valence-electron chi connectivity index (χ3n) is 5.26. The number of esters is 1. The lowest BCUT2D eigenvalue weighted by molar-refractivity contribution is -0.137. The molecule has 7 heteroatoms. The van der Waals surface area contributed by atoms with Gasteiger partial charge in [-0.3, -0.25) is 14.5 Å². The van der Waals surface area contributed by atoms with Crippen molar-refractivity contribution in [3.05, 3.63) is 106 Å². The van der Waals surface area contributed by atoms with Gasteiger partial charge in [-0.2, -0.15) is 0 Å². The molecule has 0 saturated heterocycles. The lowest BCUT2D eigenvalue weighted by Gasteiger charge is -2.15. The molecule has 0 atom stereocenters. The summed E-state index contributed by atoms with van der Waals surface area (Å²) in [6.07, 6.45) is 0.535. The Hall–Kier alpha value is -3.90. The van der Waals surface area contributed by atoms with Gasteiger partial charge in [-0.15, -0.1) is 0 Å². The minimum Gasteiger partial charge on any atom is -0.423 e. The number of carbonyl (C=O) groups is 3. The van der Waals surface area contributed by atoms with Crippen molar-refractivity contribution in [2.24, 2.45) is 0 Å². The lowest BCUT2D eigenvalue weighted by atomic mass is 10.1. The predicted molar refractivity (Wildman–Crippen MR) is 126 cm³/mol. The number of hydrogen-bond acceptors (Lipinski definition) is 5. The number of benzene rings is 3. The molecule has 1 heterocycles. The lowest BCUT2D eigenvalue weighted by Crippen LogP contribution is -2.34. The van der Waals surface area contributed by atoms with Crippen LogP contribution in [0, 0.1) is 6.92 Å². The molecule has 0 unspecified atom stereocenters. The van der Waals surface area contributed by atoms with Gasteiger partial charge in [0.2, 0.25) is 0 Å². The summed E-state index contributed by atoms with van der Waals surface area (Å²) in [6.45, 7) is 2.09. The predicted octanol–water partition coefficient (Wildman–Crippen LogP) is 4.69. The number of anilines is 1. The second kappa shape index (κ2) is 9.71. The number of para-hydroxylation sites is 1. The van der Waals surface area contributed by atoms with Crippen molar-refractivity contribution in [2.45, 2.75) is 13.3 Å². The van der Waals surface area contributed by atoms with Gasteiger partial charge in [0.1, 0.15) is 16.5 Å². The zero-order chi connectivity index (χ0) is 23.4. The van der Waals surface area contributed by atoms with Crippen molar-refractivity contribution in [1.29, 1.82) is 0 Å². The average Bonchev–Trinajstić information content (AvgIpc) is 3.03. The minimum absolute atomic E-state index is 0.0185. The number of amides is 2. The van der Waals surface area contributed by atoms with Gasteiger partial charge in [-0.25, -0.2) is 4.79 Å². The first kappa shape index (κ1) is 22.3. The molecule has 0 aromatic heterocycles. The highest BCUT2D eigenvalue weighted by molar-refractivity contribution is 6.48. The maximum atomic E-state index is 12.8. The number of hydrogen-bond donors (Lipinski definition) is 1. The highest BCUT2D eigenvalue weighted by atomic mass is 35.5. The van der Waals surface area contributed by atoms with Crippen LogP contribution in [0.4, 0.5) is 5.69 Å². The summed E-state index contributed by atoms with van der Waals surface area (Å²) in [4.78, 5) is 38.8. The second-order valence-electron chi connectivity index (χ2n) is 7.54. The number of halogens is 1. The summed E-state index contributed by atoms with van der Waals surface area (Å²) < 4.78 is 5.43. The van der Waals surface area contributed by atoms with E-state index in [9.17, 15) is 14.4 Å². The first-order chi connectivity index (χ1) is 15.9. The standard InChI is InChI=1S/C26H21ClN2O4/c1-17-7-5-6-10-21(17)33-26(32)19-11-13-20(14-12-19)28-23-22(27)24(30)29(25(23)31)16-15-18-8-3-2-4-9-18/h2-14,28H,15-16H2,1H3. The molecule has 0 bridgehead atoms. The molecule has 1 aliphatic heterocycles. The van der Waals surface area contributed by atoms with Crippen molar-refractivity contribution in [3.63, 3.8) is 0 Å². The van der Waals surface area contributed by atoms with Crippen molar-refractivity contribution in [1.82, 2.24) is 4.90 Å². The Morgan fingerprint density at radius 2 is 1.58 bits per heavy atom. The molecular weight excluding hydrogens is 440 g/mol. The molecule has 0 saturated carbocycles. The van der Waals surface area contributed by atoms with Crippen LogP contribution >= 0.6 is 11.6 Å². The molecule has 33 heavy (non-hydrogen) atoms. The van der Waals surface area contributed by atoms with Crippen LogP contribution in [0.3, 0.4) is 0 Å². The van der Waals surface area contributed by atoms with Gasteiger partial charge in [-0.1, -0.05) is 60.1 Å². The molecule has 0 aliphatic carbocycles. The number of ether oxygens (including phenoxy) is 1. The zero-order valence-corrected chi connectivity index (χ0v) is 18.6. The van der Waals surface area contributed by atoms with Gasteiger partial charge in [0, 0.05) is 12.2 Å². The third-order valence-corrected chi connectivity index (χ3v) is 5.62. The van der Waals surface area contributed by atoms with E-state index in [0.717, 1.165) is 16.0 Å². The smallest absolute Gasteiger partial charge is 0.343 e. The monoisotopic (exact) mass is 460 g/mol. The van der Waals surface area contributed by atoms with Crippen LogP contribution in [-0.2, 0) is 16.0 Å². The molecule has 6 nitrogen and oxygen atoms in total. The first-order valence-corrected chi connectivity index (χ1v) is 10.8. The number of rotatable bonds is 7. The van der Waals surface area contributed by atoms with Crippen LogP contribution in [0.15, 0.2) is 89.6 Å². The quantitative estimate of drug-likeness (QED) is 0.314. The van der Waals surface area contributed by atoms with E-state index in [1.54, 1.807) is 36.4 Å². The van der Waals surface area contributed by atoms with Crippen LogP contribution in [0.2, 0.25) is 0 Å². The summed E-state index contributed by atoms with van der Waals surface area (Å²) in [6, 6.07) is 23.2. The molecule has 3 aromatic carbocycles. The maximum Gasteiger partial charge on any atom is 0.343 e. The van der Waals surface area contributed by atoms with Crippen molar-refractivity contribution < 1.29 is 19.1 Å². The first-order valence-electron chi connectivity index (χ1n) is 10.4. The van der Waals surface area contributed by atoms with E-state index in [4.69, 9.17) is 16.3 Å². The molecule has 4 rings (SSSR count). The fraction of sp³-hybridized carbons (Fsp3) is 0.115. The third kappa shape index (κ3) is 4.96. The van der Waals surface area contributed by atoms with E-state index in [2.05, 4.69) is 5.32 Å². The van der Waals surface area contributed by atoms with Gasteiger partial charge in [0.05, 0.1) is 5.56 Å². The molecule has 0 spiro atoms. The van der Waals surface area contributed by atoms with Crippen LogP contribution in [0.1, 0.15) is 21.5 Å². The zero-order valence-electron chi connectivity index (χ0n) is 17.9. The van der Waals surface area contributed by atoms with Crippen LogP contribution in [0.5, 0.6) is 5.75 Å². The van der Waals surface area contributed by atoms with Crippen molar-refractivity contribution in [2.75, 3.05) is 11.9 Å². The molecule has 166 valence electrons. The summed E-state index contributed by atoms with van der Waals surface area (Å²) in [7, 11) is 0. The van der Waals surface area contributed by atoms with E-state index < -0.39 is 17.8 Å². The molecule has 2 amide bonds. The van der Waals surface area contributed by atoms with Crippen LogP contribution in [0.25, 0.3) is 0 Å². The normalized spacial score (nSPS) is 13.5. The highest BCUT2D eigenvalue weighted by Crippen LogP contribution is 2.26. The van der Waals surface area contributed by atoms with E-state index in [1.807, 2.05) is 49.4 Å². The molecule has 1 N–H and O–H groups in total. The Labute approximate surface area is 196 Å². The Kier molecular flexibility index (Phi) is 6.56. The van der Waals surface area contributed by atoms with Crippen LogP contribution < -0.4 is 10.1 Å². The average molecular weight is 461 g/mol. The van der Waals surface area contributed by atoms with Crippen molar-refractivity contribution >= 4 is 35.1 Å². The SMILES string of the molecule is Cc1ccccc1OC(=O)c1ccc(NC2=C(Cl)C(=O)N(CCc3ccccc3)C2=O)cc1. The number of aryl methyl sites for hydroxylation is 1. The Bertz CT molecular complexity index is 1240. The van der Waals surface area contributed by atoms with Gasteiger partial charge in [0.15, 0.2) is 0 Å². The van der Waals surface area contributed by atoms with E-state index >= 15 is 0 Å². The molecule has 0 fully saturated rings. The number of nitrogens with zero attached hydrogens (tertiary/aromatic N) is 1.